The van der Waals surface area contributed by atoms with Crippen molar-refractivity contribution in [2.24, 2.45) is 5.73 Å². The first kappa shape index (κ1) is 14.3. The fourth-order valence-corrected chi connectivity index (χ4v) is 2.17. The molecule has 1 amide bonds. The van der Waals surface area contributed by atoms with E-state index in [2.05, 4.69) is 0 Å². The normalized spacial score (nSPS) is 13.6. The Bertz CT molecular complexity index is 554. The van der Waals surface area contributed by atoms with Gasteiger partial charge in [-0.3, -0.25) is 4.79 Å². The number of hydrogen-bond donors (Lipinski definition) is 1. The standard InChI is InChI=1S/C17H20N2O/c1-13(14-9-5-3-6-10-14)19(2)17(20)16(18)15-11-7-4-8-12-15/h3-13,16H,18H2,1-2H3/t13-,16-/m1/s1. The Morgan fingerprint density at radius 1 is 0.950 bits per heavy atom. The maximum Gasteiger partial charge on any atom is 0.244 e. The van der Waals surface area contributed by atoms with Crippen molar-refractivity contribution in [2.45, 2.75) is 19.0 Å². The van der Waals surface area contributed by atoms with Crippen molar-refractivity contribution in [2.75, 3.05) is 7.05 Å². The predicted molar refractivity (Wildman–Crippen MR) is 81.0 cm³/mol. The van der Waals surface area contributed by atoms with Crippen molar-refractivity contribution >= 4 is 5.91 Å². The van der Waals surface area contributed by atoms with Crippen molar-refractivity contribution in [3.63, 3.8) is 0 Å². The molecule has 0 aliphatic heterocycles. The maximum atomic E-state index is 12.5. The Hall–Kier alpha value is -2.13. The highest BCUT2D eigenvalue weighted by molar-refractivity contribution is 5.83. The minimum atomic E-state index is -0.618. The molecule has 0 aliphatic carbocycles. The zero-order valence-corrected chi connectivity index (χ0v) is 11.9. The SMILES string of the molecule is C[C@H](c1ccccc1)N(C)C(=O)[C@H](N)c1ccccc1. The summed E-state index contributed by atoms with van der Waals surface area (Å²) in [6, 6.07) is 18.8. The molecule has 3 heteroatoms. The average molecular weight is 268 g/mol. The molecule has 0 saturated heterocycles. The van der Waals surface area contributed by atoms with Crippen molar-refractivity contribution in [3.8, 4) is 0 Å². The van der Waals surface area contributed by atoms with Crippen LogP contribution >= 0.6 is 0 Å². The van der Waals surface area contributed by atoms with Gasteiger partial charge >= 0.3 is 0 Å². The van der Waals surface area contributed by atoms with Gasteiger partial charge in [0.05, 0.1) is 6.04 Å². The predicted octanol–water partition coefficient (Wildman–Crippen LogP) is 2.91. The largest absolute Gasteiger partial charge is 0.337 e. The molecule has 0 unspecified atom stereocenters. The zero-order chi connectivity index (χ0) is 14.5. The molecule has 0 radical (unpaired) electrons. The number of benzene rings is 2. The third kappa shape index (κ3) is 3.06. The molecule has 0 aromatic heterocycles. The summed E-state index contributed by atoms with van der Waals surface area (Å²) in [6.45, 7) is 2.00. The summed E-state index contributed by atoms with van der Waals surface area (Å²) in [7, 11) is 1.79. The number of nitrogens with zero attached hydrogens (tertiary/aromatic N) is 1. The second kappa shape index (κ2) is 6.35. The number of carbonyl (C=O) groups excluding carboxylic acids is 1. The summed E-state index contributed by atoms with van der Waals surface area (Å²) in [6.07, 6.45) is 0. The van der Waals surface area contributed by atoms with Gasteiger partial charge < -0.3 is 10.6 Å². The summed E-state index contributed by atoms with van der Waals surface area (Å²) in [5, 5.41) is 0. The van der Waals surface area contributed by atoms with Gasteiger partial charge in [0.1, 0.15) is 6.04 Å². The van der Waals surface area contributed by atoms with E-state index in [9.17, 15) is 4.79 Å². The fourth-order valence-electron chi connectivity index (χ4n) is 2.17. The third-order valence-electron chi connectivity index (χ3n) is 3.64. The van der Waals surface area contributed by atoms with E-state index in [1.165, 1.54) is 0 Å². The molecule has 0 spiro atoms. The Labute approximate surface area is 120 Å². The van der Waals surface area contributed by atoms with E-state index in [1.54, 1.807) is 11.9 Å². The van der Waals surface area contributed by atoms with Gasteiger partial charge in [0, 0.05) is 7.05 Å². The molecule has 2 N–H and O–H groups in total. The van der Waals surface area contributed by atoms with Gasteiger partial charge in [-0.2, -0.15) is 0 Å². The molecule has 2 atom stereocenters. The van der Waals surface area contributed by atoms with E-state index in [1.807, 2.05) is 67.6 Å². The van der Waals surface area contributed by atoms with Gasteiger partial charge in [-0.25, -0.2) is 0 Å². The quantitative estimate of drug-likeness (QED) is 0.926. The number of rotatable bonds is 4. The second-order valence-corrected chi connectivity index (χ2v) is 4.92. The van der Waals surface area contributed by atoms with Gasteiger partial charge in [-0.05, 0) is 18.1 Å². The molecular weight excluding hydrogens is 248 g/mol. The molecule has 3 nitrogen and oxygen atoms in total. The van der Waals surface area contributed by atoms with Gasteiger partial charge in [-0.1, -0.05) is 60.7 Å². The van der Waals surface area contributed by atoms with Gasteiger partial charge in [0.15, 0.2) is 0 Å². The first-order chi connectivity index (χ1) is 9.61. The minimum absolute atomic E-state index is 0.00142. The van der Waals surface area contributed by atoms with Crippen molar-refractivity contribution in [1.29, 1.82) is 0 Å². The number of nitrogens with two attached hydrogens (primary N) is 1. The smallest absolute Gasteiger partial charge is 0.244 e. The number of hydrogen-bond acceptors (Lipinski definition) is 2. The Morgan fingerprint density at radius 2 is 1.40 bits per heavy atom. The lowest BCUT2D eigenvalue weighted by atomic mass is 10.0. The number of likely N-dealkylation sites (N-methyl/N-ethyl adjacent to an activating group) is 1. The minimum Gasteiger partial charge on any atom is -0.337 e. The van der Waals surface area contributed by atoms with Gasteiger partial charge in [0.2, 0.25) is 5.91 Å². The van der Waals surface area contributed by atoms with Gasteiger partial charge in [-0.15, -0.1) is 0 Å². The van der Waals surface area contributed by atoms with Gasteiger partial charge in [0.25, 0.3) is 0 Å². The first-order valence-electron chi connectivity index (χ1n) is 6.73. The van der Waals surface area contributed by atoms with Crippen LogP contribution in [0.2, 0.25) is 0 Å². The lowest BCUT2D eigenvalue weighted by molar-refractivity contribution is -0.133. The van der Waals surface area contributed by atoms with E-state index < -0.39 is 6.04 Å². The van der Waals surface area contributed by atoms with E-state index in [0.29, 0.717) is 0 Å². The summed E-state index contributed by atoms with van der Waals surface area (Å²) < 4.78 is 0. The monoisotopic (exact) mass is 268 g/mol. The molecule has 0 fully saturated rings. The Balaban J connectivity index is 2.13. The fraction of sp³-hybridized carbons (Fsp3) is 0.235. The highest BCUT2D eigenvalue weighted by Crippen LogP contribution is 2.22. The van der Waals surface area contributed by atoms with Crippen molar-refractivity contribution in [1.82, 2.24) is 4.90 Å². The van der Waals surface area contributed by atoms with Crippen LogP contribution in [0.3, 0.4) is 0 Å². The first-order valence-corrected chi connectivity index (χ1v) is 6.73. The van der Waals surface area contributed by atoms with Crippen LogP contribution in [-0.2, 0) is 4.79 Å². The van der Waals surface area contributed by atoms with E-state index in [-0.39, 0.29) is 11.9 Å². The molecular formula is C17H20N2O. The average Bonchev–Trinajstić information content (AvgIpc) is 2.53. The van der Waals surface area contributed by atoms with Crippen LogP contribution < -0.4 is 5.73 Å². The van der Waals surface area contributed by atoms with Crippen LogP contribution in [0.15, 0.2) is 60.7 Å². The third-order valence-corrected chi connectivity index (χ3v) is 3.64. The van der Waals surface area contributed by atoms with Crippen LogP contribution in [0.1, 0.15) is 30.1 Å². The molecule has 20 heavy (non-hydrogen) atoms. The summed E-state index contributed by atoms with van der Waals surface area (Å²) in [4.78, 5) is 14.2. The molecule has 0 saturated carbocycles. The van der Waals surface area contributed by atoms with Crippen LogP contribution in [0.4, 0.5) is 0 Å². The van der Waals surface area contributed by atoms with Crippen LogP contribution in [0, 0.1) is 0 Å². The summed E-state index contributed by atoms with van der Waals surface area (Å²) in [5.41, 5.74) is 8.00. The maximum absolute atomic E-state index is 12.5. The van der Waals surface area contributed by atoms with Crippen LogP contribution in [0.5, 0.6) is 0 Å². The molecule has 2 aromatic carbocycles. The molecule has 104 valence electrons. The number of amides is 1. The summed E-state index contributed by atoms with van der Waals surface area (Å²) >= 11 is 0. The van der Waals surface area contributed by atoms with E-state index in [4.69, 9.17) is 5.73 Å². The molecule has 0 heterocycles. The van der Waals surface area contributed by atoms with Crippen LogP contribution in [-0.4, -0.2) is 17.9 Å². The highest BCUT2D eigenvalue weighted by Gasteiger charge is 2.23. The lowest BCUT2D eigenvalue weighted by Gasteiger charge is -2.28. The molecule has 0 bridgehead atoms. The van der Waals surface area contributed by atoms with Crippen molar-refractivity contribution in [3.05, 3.63) is 71.8 Å². The van der Waals surface area contributed by atoms with Crippen molar-refractivity contribution < 1.29 is 4.79 Å². The Kier molecular flexibility index (Phi) is 4.53. The molecule has 2 rings (SSSR count). The Morgan fingerprint density at radius 3 is 1.90 bits per heavy atom. The second-order valence-electron chi connectivity index (χ2n) is 4.92. The number of carbonyl (C=O) groups is 1. The zero-order valence-electron chi connectivity index (χ0n) is 11.9. The topological polar surface area (TPSA) is 46.3 Å². The van der Waals surface area contributed by atoms with E-state index in [0.717, 1.165) is 11.1 Å². The molecule has 0 aliphatic rings. The molecule has 2 aromatic rings. The van der Waals surface area contributed by atoms with Crippen LogP contribution in [0.25, 0.3) is 0 Å². The highest BCUT2D eigenvalue weighted by atomic mass is 16.2. The summed E-state index contributed by atoms with van der Waals surface area (Å²) in [5.74, 6) is -0.0763. The lowest BCUT2D eigenvalue weighted by Crippen LogP contribution is -2.37. The van der Waals surface area contributed by atoms with E-state index >= 15 is 0 Å².